The van der Waals surface area contributed by atoms with Crippen LogP contribution in [0.4, 0.5) is 0 Å². The molecule has 0 spiro atoms. The highest BCUT2D eigenvalue weighted by Gasteiger charge is 2.09. The Morgan fingerprint density at radius 3 is 2.11 bits per heavy atom. The van der Waals surface area contributed by atoms with Crippen LogP contribution in [-0.2, 0) is 11.3 Å². The summed E-state index contributed by atoms with van der Waals surface area (Å²) in [6.07, 6.45) is 0. The third-order valence-electron chi connectivity index (χ3n) is 3.93. The van der Waals surface area contributed by atoms with Crippen molar-refractivity contribution in [3.8, 4) is 5.75 Å². The van der Waals surface area contributed by atoms with Crippen molar-refractivity contribution in [2.45, 2.75) is 6.54 Å². The molecule has 0 aliphatic rings. The number of nitrogens with one attached hydrogen (secondary N) is 1. The summed E-state index contributed by atoms with van der Waals surface area (Å²) in [6, 6.07) is 23.1. The molecule has 0 aliphatic heterocycles. The first kappa shape index (κ1) is 18.7. The second-order valence-electron chi connectivity index (χ2n) is 5.91. The van der Waals surface area contributed by atoms with E-state index in [2.05, 4.69) is 5.32 Å². The Morgan fingerprint density at radius 2 is 1.44 bits per heavy atom. The van der Waals surface area contributed by atoms with E-state index in [4.69, 9.17) is 16.3 Å². The topological polar surface area (TPSA) is 55.4 Å². The maximum absolute atomic E-state index is 12.4. The Labute approximate surface area is 162 Å². The maximum atomic E-state index is 12.4. The van der Waals surface area contributed by atoms with E-state index < -0.39 is 0 Å². The minimum absolute atomic E-state index is 0.0529. The molecule has 3 aromatic rings. The molecule has 136 valence electrons. The molecular weight excluding hydrogens is 362 g/mol. The monoisotopic (exact) mass is 379 g/mol. The van der Waals surface area contributed by atoms with Gasteiger partial charge in [0.2, 0.25) is 0 Å². The summed E-state index contributed by atoms with van der Waals surface area (Å²) in [7, 11) is 0. The van der Waals surface area contributed by atoms with Crippen molar-refractivity contribution in [2.24, 2.45) is 0 Å². The van der Waals surface area contributed by atoms with Crippen molar-refractivity contribution in [2.75, 3.05) is 6.61 Å². The standard InChI is InChI=1S/C22H18ClNO3/c23-19-10-6-16(7-11-19)14-24-21(25)15-27-20-12-8-18(9-13-20)22(26)17-4-2-1-3-5-17/h1-13H,14-15H2,(H,24,25). The van der Waals surface area contributed by atoms with E-state index in [0.717, 1.165) is 5.56 Å². The zero-order valence-corrected chi connectivity index (χ0v) is 15.3. The Morgan fingerprint density at radius 1 is 0.815 bits per heavy atom. The lowest BCUT2D eigenvalue weighted by Crippen LogP contribution is -2.28. The molecule has 3 aromatic carbocycles. The quantitative estimate of drug-likeness (QED) is 0.624. The number of amides is 1. The van der Waals surface area contributed by atoms with Crippen LogP contribution in [0.25, 0.3) is 0 Å². The van der Waals surface area contributed by atoms with Crippen LogP contribution in [0.2, 0.25) is 5.02 Å². The smallest absolute Gasteiger partial charge is 0.258 e. The van der Waals surface area contributed by atoms with Crippen LogP contribution in [0.1, 0.15) is 21.5 Å². The van der Waals surface area contributed by atoms with Gasteiger partial charge in [-0.2, -0.15) is 0 Å². The van der Waals surface area contributed by atoms with Crippen molar-refractivity contribution >= 4 is 23.3 Å². The molecule has 0 fully saturated rings. The van der Waals surface area contributed by atoms with E-state index >= 15 is 0 Å². The molecule has 0 heterocycles. The zero-order valence-electron chi connectivity index (χ0n) is 14.5. The first-order valence-electron chi connectivity index (χ1n) is 8.45. The predicted octanol–water partition coefficient (Wildman–Crippen LogP) is 4.27. The van der Waals surface area contributed by atoms with Gasteiger partial charge in [-0.3, -0.25) is 9.59 Å². The van der Waals surface area contributed by atoms with Crippen LogP contribution < -0.4 is 10.1 Å². The SMILES string of the molecule is O=C(COc1ccc(C(=O)c2ccccc2)cc1)NCc1ccc(Cl)cc1. The molecular formula is C22H18ClNO3. The van der Waals surface area contributed by atoms with Crippen molar-refractivity contribution in [1.29, 1.82) is 0 Å². The predicted molar refractivity (Wildman–Crippen MR) is 105 cm³/mol. The molecule has 0 saturated carbocycles. The van der Waals surface area contributed by atoms with Crippen LogP contribution in [-0.4, -0.2) is 18.3 Å². The van der Waals surface area contributed by atoms with Gasteiger partial charge in [-0.25, -0.2) is 0 Å². The summed E-state index contributed by atoms with van der Waals surface area (Å²) in [5.74, 6) is 0.249. The third-order valence-corrected chi connectivity index (χ3v) is 4.18. The van der Waals surface area contributed by atoms with Gasteiger partial charge < -0.3 is 10.1 Å². The Kier molecular flexibility index (Phi) is 6.23. The summed E-state index contributed by atoms with van der Waals surface area (Å²) in [5, 5.41) is 3.43. The van der Waals surface area contributed by atoms with E-state index in [9.17, 15) is 9.59 Å². The van der Waals surface area contributed by atoms with Crippen molar-refractivity contribution < 1.29 is 14.3 Å². The van der Waals surface area contributed by atoms with Gasteiger partial charge in [0, 0.05) is 22.7 Å². The van der Waals surface area contributed by atoms with Crippen LogP contribution in [0, 0.1) is 0 Å². The third kappa shape index (κ3) is 5.43. The van der Waals surface area contributed by atoms with Gasteiger partial charge in [0.05, 0.1) is 0 Å². The summed E-state index contributed by atoms with van der Waals surface area (Å²) < 4.78 is 5.47. The highest BCUT2D eigenvalue weighted by molar-refractivity contribution is 6.30. The molecule has 0 atom stereocenters. The van der Waals surface area contributed by atoms with Gasteiger partial charge in [-0.1, -0.05) is 54.1 Å². The number of carbonyl (C=O) groups is 2. The van der Waals surface area contributed by atoms with Crippen molar-refractivity contribution in [1.82, 2.24) is 5.32 Å². The van der Waals surface area contributed by atoms with Crippen molar-refractivity contribution in [3.05, 3.63) is 101 Å². The Hall–Kier alpha value is -3.11. The molecule has 1 amide bonds. The van der Waals surface area contributed by atoms with E-state index in [-0.39, 0.29) is 18.3 Å². The molecule has 0 aromatic heterocycles. The molecule has 27 heavy (non-hydrogen) atoms. The lowest BCUT2D eigenvalue weighted by atomic mass is 10.0. The summed E-state index contributed by atoms with van der Waals surface area (Å²) in [5.41, 5.74) is 2.16. The summed E-state index contributed by atoms with van der Waals surface area (Å²) in [4.78, 5) is 24.3. The van der Waals surface area contributed by atoms with Gasteiger partial charge >= 0.3 is 0 Å². The molecule has 0 radical (unpaired) electrons. The zero-order chi connectivity index (χ0) is 19.1. The fraction of sp³-hybridized carbons (Fsp3) is 0.0909. The van der Waals surface area contributed by atoms with Crippen molar-refractivity contribution in [3.63, 3.8) is 0 Å². The molecule has 0 saturated heterocycles. The van der Waals surface area contributed by atoms with Gasteiger partial charge in [0.1, 0.15) is 5.75 Å². The second-order valence-corrected chi connectivity index (χ2v) is 6.35. The molecule has 3 rings (SSSR count). The van der Waals surface area contributed by atoms with Gasteiger partial charge in [-0.05, 0) is 42.0 Å². The number of rotatable bonds is 7. The number of hydrogen-bond acceptors (Lipinski definition) is 3. The highest BCUT2D eigenvalue weighted by Crippen LogP contribution is 2.15. The number of ketones is 1. The number of hydrogen-bond donors (Lipinski definition) is 1. The van der Waals surface area contributed by atoms with Gasteiger partial charge in [0.15, 0.2) is 12.4 Å². The number of carbonyl (C=O) groups excluding carboxylic acids is 2. The van der Waals surface area contributed by atoms with Gasteiger partial charge in [-0.15, -0.1) is 0 Å². The number of ether oxygens (including phenoxy) is 1. The van der Waals surface area contributed by atoms with Crippen LogP contribution >= 0.6 is 11.6 Å². The van der Waals surface area contributed by atoms with E-state index in [1.54, 1.807) is 48.5 Å². The molecule has 0 aliphatic carbocycles. The molecule has 5 heteroatoms. The normalized spacial score (nSPS) is 10.3. The minimum atomic E-state index is -0.227. The molecule has 4 nitrogen and oxygen atoms in total. The van der Waals surface area contributed by atoms with E-state index in [1.165, 1.54) is 0 Å². The Balaban J connectivity index is 1.49. The first-order chi connectivity index (χ1) is 13.1. The molecule has 0 bridgehead atoms. The maximum Gasteiger partial charge on any atom is 0.258 e. The van der Waals surface area contributed by atoms with E-state index in [0.29, 0.717) is 28.4 Å². The molecule has 1 N–H and O–H groups in total. The summed E-state index contributed by atoms with van der Waals surface area (Å²) >= 11 is 5.83. The summed E-state index contributed by atoms with van der Waals surface area (Å²) in [6.45, 7) is 0.309. The largest absolute Gasteiger partial charge is 0.484 e. The Bertz CT molecular complexity index is 907. The molecule has 0 unspecified atom stereocenters. The highest BCUT2D eigenvalue weighted by atomic mass is 35.5. The number of halogens is 1. The average Bonchev–Trinajstić information content (AvgIpc) is 2.72. The lowest BCUT2D eigenvalue weighted by Gasteiger charge is -2.08. The van der Waals surface area contributed by atoms with E-state index in [1.807, 2.05) is 30.3 Å². The minimum Gasteiger partial charge on any atom is -0.484 e. The average molecular weight is 380 g/mol. The van der Waals surface area contributed by atoms with Crippen LogP contribution in [0.5, 0.6) is 5.75 Å². The van der Waals surface area contributed by atoms with Crippen LogP contribution in [0.15, 0.2) is 78.9 Å². The first-order valence-corrected chi connectivity index (χ1v) is 8.83. The van der Waals surface area contributed by atoms with Crippen LogP contribution in [0.3, 0.4) is 0 Å². The van der Waals surface area contributed by atoms with Gasteiger partial charge in [0.25, 0.3) is 5.91 Å². The fourth-order valence-electron chi connectivity index (χ4n) is 2.46. The lowest BCUT2D eigenvalue weighted by molar-refractivity contribution is -0.123. The fourth-order valence-corrected chi connectivity index (χ4v) is 2.59. The second kappa shape index (κ2) is 9.01. The number of benzene rings is 3.